The van der Waals surface area contributed by atoms with E-state index >= 15 is 0 Å². The number of ether oxygens (including phenoxy) is 2. The van der Waals surface area contributed by atoms with E-state index in [-0.39, 0.29) is 18.6 Å². The molecular formula is C13H18N2O4S. The van der Waals surface area contributed by atoms with E-state index in [4.69, 9.17) is 4.74 Å². The number of nitrogens with one attached hydrogen (secondary N) is 2. The second-order valence-electron chi connectivity index (χ2n) is 4.46. The number of methoxy groups -OCH3 is 1. The molecule has 0 aromatic carbocycles. The van der Waals surface area contributed by atoms with Crippen molar-refractivity contribution in [1.82, 2.24) is 5.32 Å². The minimum atomic E-state index is -0.449. The lowest BCUT2D eigenvalue weighted by molar-refractivity contribution is -0.123. The summed E-state index contributed by atoms with van der Waals surface area (Å²) in [4.78, 5) is 23.7. The minimum absolute atomic E-state index is 0.00112. The molecule has 1 aromatic heterocycles. The Kier molecular flexibility index (Phi) is 5.51. The summed E-state index contributed by atoms with van der Waals surface area (Å²) < 4.78 is 10.2. The van der Waals surface area contributed by atoms with Crippen molar-refractivity contribution >= 4 is 28.9 Å². The van der Waals surface area contributed by atoms with Crippen molar-refractivity contribution in [1.29, 1.82) is 0 Å². The van der Waals surface area contributed by atoms with Gasteiger partial charge < -0.3 is 20.1 Å². The van der Waals surface area contributed by atoms with Crippen molar-refractivity contribution in [2.75, 3.05) is 32.1 Å². The molecule has 0 spiro atoms. The SMILES string of the molecule is COC(=O)c1sccc1NC(=O)COC1CCNCC1. The molecule has 0 unspecified atom stereocenters. The zero-order chi connectivity index (χ0) is 14.4. The van der Waals surface area contributed by atoms with Crippen molar-refractivity contribution in [3.63, 3.8) is 0 Å². The van der Waals surface area contributed by atoms with Gasteiger partial charge in [-0.1, -0.05) is 0 Å². The van der Waals surface area contributed by atoms with Crippen LogP contribution in [-0.2, 0) is 14.3 Å². The molecule has 0 radical (unpaired) electrons. The summed E-state index contributed by atoms with van der Waals surface area (Å²) >= 11 is 1.23. The van der Waals surface area contributed by atoms with Crippen LogP contribution in [0, 0.1) is 0 Å². The molecule has 1 amide bonds. The average molecular weight is 298 g/mol. The van der Waals surface area contributed by atoms with Gasteiger partial charge in [-0.2, -0.15) is 0 Å². The number of amides is 1. The van der Waals surface area contributed by atoms with Gasteiger partial charge in [0.25, 0.3) is 0 Å². The number of hydrogen-bond acceptors (Lipinski definition) is 6. The fourth-order valence-electron chi connectivity index (χ4n) is 2.00. The number of carbonyl (C=O) groups is 2. The highest BCUT2D eigenvalue weighted by atomic mass is 32.1. The van der Waals surface area contributed by atoms with E-state index in [2.05, 4.69) is 15.4 Å². The Bertz CT molecular complexity index is 469. The fraction of sp³-hybridized carbons (Fsp3) is 0.538. The quantitative estimate of drug-likeness (QED) is 0.800. The smallest absolute Gasteiger partial charge is 0.350 e. The average Bonchev–Trinajstić information content (AvgIpc) is 2.93. The summed E-state index contributed by atoms with van der Waals surface area (Å²) in [6.07, 6.45) is 1.96. The van der Waals surface area contributed by atoms with Gasteiger partial charge in [0.1, 0.15) is 11.5 Å². The Labute approximate surface area is 121 Å². The number of anilines is 1. The molecule has 0 saturated carbocycles. The summed E-state index contributed by atoms with van der Waals surface area (Å²) in [7, 11) is 1.31. The summed E-state index contributed by atoms with van der Waals surface area (Å²) in [5.41, 5.74) is 0.473. The van der Waals surface area contributed by atoms with Crippen molar-refractivity contribution in [2.24, 2.45) is 0 Å². The third kappa shape index (κ3) is 4.03. The van der Waals surface area contributed by atoms with Crippen molar-refractivity contribution < 1.29 is 19.1 Å². The lowest BCUT2D eigenvalue weighted by Gasteiger charge is -2.22. The third-order valence-electron chi connectivity index (χ3n) is 3.05. The van der Waals surface area contributed by atoms with Gasteiger partial charge in [0.05, 0.1) is 18.9 Å². The molecule has 20 heavy (non-hydrogen) atoms. The Morgan fingerprint density at radius 3 is 2.90 bits per heavy atom. The zero-order valence-electron chi connectivity index (χ0n) is 11.3. The van der Waals surface area contributed by atoms with Crippen LogP contribution in [0.4, 0.5) is 5.69 Å². The molecule has 2 rings (SSSR count). The van der Waals surface area contributed by atoms with E-state index in [1.54, 1.807) is 11.4 Å². The molecule has 0 atom stereocenters. The summed E-state index contributed by atoms with van der Waals surface area (Å²) in [5.74, 6) is -0.707. The predicted octanol–water partition coefficient (Wildman–Crippen LogP) is 1.24. The van der Waals surface area contributed by atoms with Crippen LogP contribution in [0.25, 0.3) is 0 Å². The van der Waals surface area contributed by atoms with Crippen molar-refractivity contribution in [3.05, 3.63) is 16.3 Å². The fourth-order valence-corrected chi connectivity index (χ4v) is 2.77. The highest BCUT2D eigenvalue weighted by molar-refractivity contribution is 7.12. The molecule has 1 saturated heterocycles. The maximum atomic E-state index is 11.8. The van der Waals surface area contributed by atoms with Crippen LogP contribution >= 0.6 is 11.3 Å². The lowest BCUT2D eigenvalue weighted by atomic mass is 10.1. The predicted molar refractivity (Wildman–Crippen MR) is 76.1 cm³/mol. The molecule has 0 aliphatic carbocycles. The van der Waals surface area contributed by atoms with E-state index in [1.165, 1.54) is 18.4 Å². The van der Waals surface area contributed by atoms with E-state index in [1.807, 2.05) is 0 Å². The third-order valence-corrected chi connectivity index (χ3v) is 3.94. The number of piperidine rings is 1. The number of carbonyl (C=O) groups excluding carboxylic acids is 2. The monoisotopic (exact) mass is 298 g/mol. The lowest BCUT2D eigenvalue weighted by Crippen LogP contribution is -2.34. The largest absolute Gasteiger partial charge is 0.465 e. The normalized spacial score (nSPS) is 15.8. The highest BCUT2D eigenvalue weighted by Crippen LogP contribution is 2.23. The van der Waals surface area contributed by atoms with Crippen LogP contribution in [0.3, 0.4) is 0 Å². The first-order valence-corrected chi connectivity index (χ1v) is 7.36. The second kappa shape index (κ2) is 7.37. The second-order valence-corrected chi connectivity index (χ2v) is 5.38. The Morgan fingerprint density at radius 2 is 2.20 bits per heavy atom. The Hall–Kier alpha value is -1.44. The van der Waals surface area contributed by atoms with Gasteiger partial charge in [0, 0.05) is 0 Å². The minimum Gasteiger partial charge on any atom is -0.465 e. The molecule has 1 aromatic rings. The number of thiophene rings is 1. The molecule has 1 aliphatic heterocycles. The molecule has 7 heteroatoms. The standard InChI is InChI=1S/C13H18N2O4S/c1-18-13(17)12-10(4-7-20-12)15-11(16)8-19-9-2-5-14-6-3-9/h4,7,9,14H,2-3,5-6,8H2,1H3,(H,15,16). The zero-order valence-corrected chi connectivity index (χ0v) is 12.1. The Morgan fingerprint density at radius 1 is 1.45 bits per heavy atom. The van der Waals surface area contributed by atoms with Gasteiger partial charge in [0.2, 0.25) is 5.91 Å². The topological polar surface area (TPSA) is 76.7 Å². The van der Waals surface area contributed by atoms with Crippen LogP contribution < -0.4 is 10.6 Å². The number of rotatable bonds is 5. The van der Waals surface area contributed by atoms with E-state index in [9.17, 15) is 9.59 Å². The first-order chi connectivity index (χ1) is 9.70. The van der Waals surface area contributed by atoms with Crippen molar-refractivity contribution in [2.45, 2.75) is 18.9 Å². The maximum Gasteiger partial charge on any atom is 0.350 e. The number of esters is 1. The van der Waals surface area contributed by atoms with Crippen LogP contribution in [0.2, 0.25) is 0 Å². The van der Waals surface area contributed by atoms with Gasteiger partial charge in [0.15, 0.2) is 0 Å². The van der Waals surface area contributed by atoms with Gasteiger partial charge in [-0.15, -0.1) is 11.3 Å². The summed E-state index contributed by atoms with van der Waals surface area (Å²) in [6, 6.07) is 1.68. The molecule has 1 aliphatic rings. The van der Waals surface area contributed by atoms with E-state index in [0.717, 1.165) is 25.9 Å². The van der Waals surface area contributed by atoms with Gasteiger partial charge in [-0.05, 0) is 37.4 Å². The number of hydrogen-bond donors (Lipinski definition) is 2. The molecule has 110 valence electrons. The molecule has 2 heterocycles. The first-order valence-electron chi connectivity index (χ1n) is 6.48. The van der Waals surface area contributed by atoms with Crippen molar-refractivity contribution in [3.8, 4) is 0 Å². The molecule has 0 bridgehead atoms. The summed E-state index contributed by atoms with van der Waals surface area (Å²) in [6.45, 7) is 1.84. The molecule has 1 fully saturated rings. The van der Waals surface area contributed by atoms with Gasteiger partial charge >= 0.3 is 5.97 Å². The van der Waals surface area contributed by atoms with Crippen LogP contribution in [0.5, 0.6) is 0 Å². The Balaban J connectivity index is 1.82. The van der Waals surface area contributed by atoms with E-state index < -0.39 is 5.97 Å². The molecule has 6 nitrogen and oxygen atoms in total. The van der Waals surface area contributed by atoms with Crippen LogP contribution in [-0.4, -0.2) is 44.8 Å². The maximum absolute atomic E-state index is 11.8. The van der Waals surface area contributed by atoms with E-state index in [0.29, 0.717) is 10.6 Å². The van der Waals surface area contributed by atoms with Gasteiger partial charge in [-0.3, -0.25) is 4.79 Å². The molecule has 2 N–H and O–H groups in total. The van der Waals surface area contributed by atoms with Gasteiger partial charge in [-0.25, -0.2) is 4.79 Å². The highest BCUT2D eigenvalue weighted by Gasteiger charge is 2.18. The summed E-state index contributed by atoms with van der Waals surface area (Å²) in [5, 5.41) is 7.64. The van der Waals surface area contributed by atoms with Crippen LogP contribution in [0.15, 0.2) is 11.4 Å². The molecular weight excluding hydrogens is 280 g/mol. The first kappa shape index (κ1) is 15.0. The van der Waals surface area contributed by atoms with Crippen LogP contribution in [0.1, 0.15) is 22.5 Å².